The monoisotopic (exact) mass is 346 g/mol. The number of nitrogens with one attached hydrogen (secondary N) is 1. The number of ether oxygens (including phenoxy) is 1. The van der Waals surface area contributed by atoms with Gasteiger partial charge in [-0.2, -0.15) is 18.3 Å². The topological polar surface area (TPSA) is 59.4 Å². The quantitative estimate of drug-likeness (QED) is 0.895. The first-order valence-electron chi connectivity index (χ1n) is 8.19. The zero-order valence-electron chi connectivity index (χ0n) is 13.3. The van der Waals surface area contributed by atoms with Gasteiger partial charge in [-0.15, -0.1) is 0 Å². The highest BCUT2D eigenvalue weighted by Crippen LogP contribution is 2.29. The van der Waals surface area contributed by atoms with Crippen LogP contribution >= 0.6 is 0 Å². The molecule has 6 nitrogen and oxygen atoms in total. The maximum Gasteiger partial charge on any atom is 0.435 e. The lowest BCUT2D eigenvalue weighted by Crippen LogP contribution is -2.50. The van der Waals surface area contributed by atoms with Gasteiger partial charge in [0.1, 0.15) is 0 Å². The van der Waals surface area contributed by atoms with Gasteiger partial charge in [-0.3, -0.25) is 4.68 Å². The van der Waals surface area contributed by atoms with Crippen LogP contribution in [0, 0.1) is 0 Å². The molecule has 134 valence electrons. The number of alkyl halides is 3. The van der Waals surface area contributed by atoms with Gasteiger partial charge in [-0.25, -0.2) is 4.79 Å². The third kappa shape index (κ3) is 4.00. The SMILES string of the molecule is O=C(NC1CCCOC1)N1CCC(n2ccc(C(F)(F)F)n2)CC1. The number of amides is 2. The molecule has 2 fully saturated rings. The summed E-state index contributed by atoms with van der Waals surface area (Å²) in [5, 5.41) is 6.58. The molecule has 1 N–H and O–H groups in total. The average molecular weight is 346 g/mol. The van der Waals surface area contributed by atoms with Crippen molar-refractivity contribution in [2.24, 2.45) is 0 Å². The van der Waals surface area contributed by atoms with E-state index in [1.54, 1.807) is 4.90 Å². The third-order valence-electron chi connectivity index (χ3n) is 4.51. The summed E-state index contributed by atoms with van der Waals surface area (Å²) >= 11 is 0. The molecule has 2 amide bonds. The standard InChI is InChI=1S/C15H21F3N4O2/c16-15(17,18)13-5-8-22(20-13)12-3-6-21(7-4-12)14(23)19-11-2-1-9-24-10-11/h5,8,11-12H,1-4,6-7,9-10H2,(H,19,23). The molecule has 0 saturated carbocycles. The maximum absolute atomic E-state index is 12.6. The summed E-state index contributed by atoms with van der Waals surface area (Å²) in [5.74, 6) is 0. The molecule has 0 spiro atoms. The summed E-state index contributed by atoms with van der Waals surface area (Å²) in [6, 6.07) is 0.801. The Morgan fingerprint density at radius 2 is 2.04 bits per heavy atom. The number of hydrogen-bond acceptors (Lipinski definition) is 3. The van der Waals surface area contributed by atoms with Crippen molar-refractivity contribution in [3.63, 3.8) is 0 Å². The van der Waals surface area contributed by atoms with Crippen molar-refractivity contribution in [3.8, 4) is 0 Å². The molecule has 1 aromatic rings. The molecule has 0 aliphatic carbocycles. The van der Waals surface area contributed by atoms with E-state index in [4.69, 9.17) is 4.74 Å². The number of halogens is 3. The summed E-state index contributed by atoms with van der Waals surface area (Å²) in [5.41, 5.74) is -0.875. The molecule has 2 aliphatic heterocycles. The van der Waals surface area contributed by atoms with Gasteiger partial charge in [0.05, 0.1) is 18.7 Å². The van der Waals surface area contributed by atoms with Crippen molar-refractivity contribution in [1.29, 1.82) is 0 Å². The van der Waals surface area contributed by atoms with E-state index in [-0.39, 0.29) is 18.1 Å². The summed E-state index contributed by atoms with van der Waals surface area (Å²) in [6.07, 6.45) is -0.0266. The predicted octanol–water partition coefficient (Wildman–Crippen LogP) is 2.43. The van der Waals surface area contributed by atoms with Gasteiger partial charge in [-0.05, 0) is 31.7 Å². The molecule has 3 rings (SSSR count). The second kappa shape index (κ2) is 7.00. The van der Waals surface area contributed by atoms with E-state index in [1.165, 1.54) is 10.9 Å². The fourth-order valence-electron chi connectivity index (χ4n) is 3.15. The maximum atomic E-state index is 12.6. The molecule has 0 aromatic carbocycles. The number of nitrogens with zero attached hydrogens (tertiary/aromatic N) is 3. The molecule has 2 aliphatic rings. The Balaban J connectivity index is 1.50. The Bertz CT molecular complexity index is 561. The van der Waals surface area contributed by atoms with Crippen LogP contribution in [-0.4, -0.2) is 53.1 Å². The van der Waals surface area contributed by atoms with E-state index >= 15 is 0 Å². The van der Waals surface area contributed by atoms with Crippen LogP contribution in [-0.2, 0) is 10.9 Å². The van der Waals surface area contributed by atoms with Crippen molar-refractivity contribution in [3.05, 3.63) is 18.0 Å². The molecule has 1 aromatic heterocycles. The summed E-state index contributed by atoms with van der Waals surface area (Å²) in [7, 11) is 0. The second-order valence-corrected chi connectivity index (χ2v) is 6.26. The van der Waals surface area contributed by atoms with E-state index in [0.717, 1.165) is 25.5 Å². The first-order chi connectivity index (χ1) is 11.4. The summed E-state index contributed by atoms with van der Waals surface area (Å²) < 4.78 is 44.5. The first kappa shape index (κ1) is 17.1. The third-order valence-corrected chi connectivity index (χ3v) is 4.51. The Hall–Kier alpha value is -1.77. The number of rotatable bonds is 2. The number of carbonyl (C=O) groups excluding carboxylic acids is 1. The predicted molar refractivity (Wildman–Crippen MR) is 79.4 cm³/mol. The van der Waals surface area contributed by atoms with Gasteiger partial charge < -0.3 is 15.0 Å². The molecule has 1 atom stereocenters. The number of aromatic nitrogens is 2. The Labute approximate surface area is 137 Å². The number of hydrogen-bond donors (Lipinski definition) is 1. The van der Waals surface area contributed by atoms with Gasteiger partial charge in [0, 0.05) is 25.9 Å². The normalized spacial score (nSPS) is 23.3. The van der Waals surface area contributed by atoms with Gasteiger partial charge in [0.25, 0.3) is 0 Å². The number of urea groups is 1. The summed E-state index contributed by atoms with van der Waals surface area (Å²) in [6.45, 7) is 2.29. The fourth-order valence-corrected chi connectivity index (χ4v) is 3.15. The Morgan fingerprint density at radius 1 is 1.29 bits per heavy atom. The molecule has 0 radical (unpaired) electrons. The van der Waals surface area contributed by atoms with Crippen LogP contribution in [0.3, 0.4) is 0 Å². The largest absolute Gasteiger partial charge is 0.435 e. The van der Waals surface area contributed by atoms with Crippen LogP contribution in [0.25, 0.3) is 0 Å². The van der Waals surface area contributed by atoms with E-state index in [2.05, 4.69) is 10.4 Å². The average Bonchev–Trinajstić information content (AvgIpc) is 3.06. The molecule has 3 heterocycles. The van der Waals surface area contributed by atoms with Gasteiger partial charge in [0.15, 0.2) is 5.69 Å². The van der Waals surface area contributed by atoms with Gasteiger partial charge in [-0.1, -0.05) is 0 Å². The Morgan fingerprint density at radius 3 is 2.62 bits per heavy atom. The van der Waals surface area contributed by atoms with Crippen molar-refractivity contribution in [1.82, 2.24) is 20.0 Å². The summed E-state index contributed by atoms with van der Waals surface area (Å²) in [4.78, 5) is 13.9. The Kier molecular flexibility index (Phi) is 4.98. The minimum absolute atomic E-state index is 0.0458. The van der Waals surface area contributed by atoms with Crippen molar-refractivity contribution < 1.29 is 22.7 Å². The van der Waals surface area contributed by atoms with E-state index in [1.807, 2.05) is 0 Å². The molecule has 24 heavy (non-hydrogen) atoms. The fraction of sp³-hybridized carbons (Fsp3) is 0.733. The van der Waals surface area contributed by atoms with Gasteiger partial charge in [0.2, 0.25) is 0 Å². The van der Waals surface area contributed by atoms with E-state index in [9.17, 15) is 18.0 Å². The molecule has 2 saturated heterocycles. The number of likely N-dealkylation sites (tertiary alicyclic amines) is 1. The number of carbonyl (C=O) groups is 1. The van der Waals surface area contributed by atoms with Crippen LogP contribution in [0.5, 0.6) is 0 Å². The van der Waals surface area contributed by atoms with E-state index in [0.29, 0.717) is 32.5 Å². The lowest BCUT2D eigenvalue weighted by atomic mass is 10.1. The van der Waals surface area contributed by atoms with Crippen molar-refractivity contribution in [2.45, 2.75) is 43.9 Å². The lowest BCUT2D eigenvalue weighted by Gasteiger charge is -2.34. The van der Waals surface area contributed by atoms with Crippen LogP contribution in [0.4, 0.5) is 18.0 Å². The highest BCUT2D eigenvalue weighted by molar-refractivity contribution is 5.74. The van der Waals surface area contributed by atoms with Crippen LogP contribution in [0.15, 0.2) is 12.3 Å². The number of piperidine rings is 1. The minimum Gasteiger partial charge on any atom is -0.379 e. The highest BCUT2D eigenvalue weighted by atomic mass is 19.4. The minimum atomic E-state index is -4.42. The van der Waals surface area contributed by atoms with Crippen LogP contribution < -0.4 is 5.32 Å². The molecular formula is C15H21F3N4O2. The van der Waals surface area contributed by atoms with Crippen molar-refractivity contribution >= 4 is 6.03 Å². The van der Waals surface area contributed by atoms with Crippen molar-refractivity contribution in [2.75, 3.05) is 26.3 Å². The van der Waals surface area contributed by atoms with Gasteiger partial charge >= 0.3 is 12.2 Å². The second-order valence-electron chi connectivity index (χ2n) is 6.26. The molecule has 0 bridgehead atoms. The zero-order valence-corrected chi connectivity index (χ0v) is 13.3. The smallest absolute Gasteiger partial charge is 0.379 e. The van der Waals surface area contributed by atoms with Crippen LogP contribution in [0.2, 0.25) is 0 Å². The molecule has 1 unspecified atom stereocenters. The van der Waals surface area contributed by atoms with E-state index < -0.39 is 11.9 Å². The molecular weight excluding hydrogens is 325 g/mol. The highest BCUT2D eigenvalue weighted by Gasteiger charge is 2.34. The lowest BCUT2D eigenvalue weighted by molar-refractivity contribution is -0.141. The first-order valence-corrected chi connectivity index (χ1v) is 8.19. The zero-order chi connectivity index (χ0) is 17.2. The molecule has 9 heteroatoms. The van der Waals surface area contributed by atoms with Crippen LogP contribution in [0.1, 0.15) is 37.4 Å².